The fourth-order valence-corrected chi connectivity index (χ4v) is 2.77. The highest BCUT2D eigenvalue weighted by atomic mass is 32.2. The van der Waals surface area contributed by atoms with Crippen molar-refractivity contribution in [3.05, 3.63) is 18.5 Å². The minimum atomic E-state index is -4.40. The summed E-state index contributed by atoms with van der Waals surface area (Å²) < 4.78 is 36.9. The van der Waals surface area contributed by atoms with Gasteiger partial charge >= 0.3 is 12.2 Å². The number of halogens is 3. The minimum Gasteiger partial charge on any atom is -0.318 e. The highest BCUT2D eigenvalue weighted by molar-refractivity contribution is 7.99. The minimum absolute atomic E-state index is 0.379. The van der Waals surface area contributed by atoms with E-state index in [1.54, 1.807) is 24.0 Å². The summed E-state index contributed by atoms with van der Waals surface area (Å²) in [6, 6.07) is 1.09. The Morgan fingerprint density at radius 1 is 1.58 bits per heavy atom. The Morgan fingerprint density at radius 3 is 3.00 bits per heavy atom. The van der Waals surface area contributed by atoms with Crippen molar-refractivity contribution in [1.82, 2.24) is 9.88 Å². The van der Waals surface area contributed by atoms with Crippen molar-refractivity contribution in [1.29, 1.82) is 0 Å². The Morgan fingerprint density at radius 2 is 2.32 bits per heavy atom. The Kier molecular flexibility index (Phi) is 3.88. The highest BCUT2D eigenvalue weighted by Gasteiger charge is 2.34. The molecule has 8 heteroatoms. The highest BCUT2D eigenvalue weighted by Crippen LogP contribution is 2.34. The lowest BCUT2D eigenvalue weighted by Gasteiger charge is -2.32. The van der Waals surface area contributed by atoms with Crippen LogP contribution in [0, 0.1) is 0 Å². The van der Waals surface area contributed by atoms with E-state index >= 15 is 0 Å². The molecule has 1 aliphatic heterocycles. The van der Waals surface area contributed by atoms with Gasteiger partial charge in [0.1, 0.15) is 6.54 Å². The summed E-state index contributed by atoms with van der Waals surface area (Å²) >= 11 is 1.56. The molecule has 1 aromatic heterocycles. The third kappa shape index (κ3) is 3.31. The summed E-state index contributed by atoms with van der Waals surface area (Å²) in [4.78, 5) is 18.8. The van der Waals surface area contributed by atoms with Crippen molar-refractivity contribution in [3.63, 3.8) is 0 Å². The smallest absolute Gasteiger partial charge is 0.318 e. The van der Waals surface area contributed by atoms with Gasteiger partial charge in [0.25, 0.3) is 0 Å². The van der Waals surface area contributed by atoms with E-state index in [4.69, 9.17) is 0 Å². The first-order valence-corrected chi connectivity index (χ1v) is 6.53. The molecule has 2 amide bonds. The quantitative estimate of drug-likeness (QED) is 0.798. The Hall–Kier alpha value is -1.44. The standard InChI is InChI=1S/C11H12F3N3OS/c1-16(7-11(12,13)14)10(18)17-4-5-19-9-2-3-15-6-8(9)17/h2-3,6H,4-5,7H2,1H3. The molecule has 0 N–H and O–H groups in total. The molecule has 0 aromatic carbocycles. The van der Waals surface area contributed by atoms with Gasteiger partial charge in [-0.1, -0.05) is 0 Å². The number of pyridine rings is 1. The van der Waals surface area contributed by atoms with Gasteiger partial charge in [-0.2, -0.15) is 13.2 Å². The summed E-state index contributed by atoms with van der Waals surface area (Å²) in [6.07, 6.45) is -1.30. The molecule has 0 radical (unpaired) electrons. The van der Waals surface area contributed by atoms with Gasteiger partial charge in [-0.15, -0.1) is 11.8 Å². The van der Waals surface area contributed by atoms with Gasteiger partial charge in [0, 0.05) is 30.4 Å². The van der Waals surface area contributed by atoms with E-state index in [0.717, 1.165) is 11.9 Å². The number of carbonyl (C=O) groups excluding carboxylic acids is 1. The van der Waals surface area contributed by atoms with Crippen LogP contribution in [-0.2, 0) is 0 Å². The van der Waals surface area contributed by atoms with Crippen LogP contribution < -0.4 is 4.90 Å². The molecule has 2 heterocycles. The second kappa shape index (κ2) is 5.28. The predicted molar refractivity (Wildman–Crippen MR) is 66.4 cm³/mol. The largest absolute Gasteiger partial charge is 0.406 e. The number of thioether (sulfide) groups is 1. The number of anilines is 1. The molecular weight excluding hydrogens is 279 g/mol. The molecule has 0 unspecified atom stereocenters. The third-order valence-corrected chi connectivity index (χ3v) is 3.64. The van der Waals surface area contributed by atoms with Crippen LogP contribution in [0.4, 0.5) is 23.7 Å². The van der Waals surface area contributed by atoms with Gasteiger partial charge in [0.05, 0.1) is 11.9 Å². The SMILES string of the molecule is CN(CC(F)(F)F)C(=O)N1CCSc2ccncc21. The third-order valence-electron chi connectivity index (χ3n) is 2.60. The first kappa shape index (κ1) is 14.0. The molecular formula is C11H12F3N3OS. The normalized spacial score (nSPS) is 15.1. The van der Waals surface area contributed by atoms with Crippen molar-refractivity contribution >= 4 is 23.5 Å². The Bertz CT molecular complexity index is 480. The predicted octanol–water partition coefficient (Wildman–Crippen LogP) is 2.61. The van der Waals surface area contributed by atoms with Crippen LogP contribution in [0.5, 0.6) is 0 Å². The maximum Gasteiger partial charge on any atom is 0.406 e. The molecule has 4 nitrogen and oxygen atoms in total. The van der Waals surface area contributed by atoms with Crippen LogP contribution in [0.3, 0.4) is 0 Å². The number of aromatic nitrogens is 1. The number of fused-ring (bicyclic) bond motifs is 1. The zero-order valence-electron chi connectivity index (χ0n) is 10.1. The van der Waals surface area contributed by atoms with Crippen molar-refractivity contribution in [2.75, 3.05) is 30.8 Å². The van der Waals surface area contributed by atoms with E-state index in [1.807, 2.05) is 0 Å². The molecule has 0 atom stereocenters. The van der Waals surface area contributed by atoms with Crippen LogP contribution >= 0.6 is 11.8 Å². The number of rotatable bonds is 1. The van der Waals surface area contributed by atoms with Gasteiger partial charge in [0.2, 0.25) is 0 Å². The molecule has 0 spiro atoms. The van der Waals surface area contributed by atoms with Crippen LogP contribution in [0.25, 0.3) is 0 Å². The molecule has 0 fully saturated rings. The number of amides is 2. The van der Waals surface area contributed by atoms with Crippen molar-refractivity contribution in [2.45, 2.75) is 11.1 Å². The van der Waals surface area contributed by atoms with E-state index in [0.29, 0.717) is 22.9 Å². The molecule has 1 aliphatic rings. The second-order valence-electron chi connectivity index (χ2n) is 4.10. The van der Waals surface area contributed by atoms with E-state index in [-0.39, 0.29) is 0 Å². The summed E-state index contributed by atoms with van der Waals surface area (Å²) in [7, 11) is 1.15. The van der Waals surface area contributed by atoms with E-state index < -0.39 is 18.8 Å². The average Bonchev–Trinajstić information content (AvgIpc) is 2.35. The number of nitrogens with zero attached hydrogens (tertiary/aromatic N) is 3. The zero-order valence-corrected chi connectivity index (χ0v) is 11.0. The molecule has 2 rings (SSSR count). The molecule has 0 saturated heterocycles. The summed E-state index contributed by atoms with van der Waals surface area (Å²) in [5.41, 5.74) is 0.567. The van der Waals surface area contributed by atoms with Crippen LogP contribution in [0.2, 0.25) is 0 Å². The lowest BCUT2D eigenvalue weighted by Crippen LogP contribution is -2.46. The fourth-order valence-electron chi connectivity index (χ4n) is 1.81. The number of hydrogen-bond donors (Lipinski definition) is 0. The van der Waals surface area contributed by atoms with Gasteiger partial charge < -0.3 is 4.90 Å². The first-order valence-electron chi connectivity index (χ1n) is 5.54. The van der Waals surface area contributed by atoms with Gasteiger partial charge in [-0.3, -0.25) is 9.88 Å². The van der Waals surface area contributed by atoms with E-state index in [1.165, 1.54) is 11.1 Å². The molecule has 19 heavy (non-hydrogen) atoms. The summed E-state index contributed by atoms with van der Waals surface area (Å²) in [5.74, 6) is 0.655. The van der Waals surface area contributed by atoms with Gasteiger partial charge in [-0.05, 0) is 6.07 Å². The summed E-state index contributed by atoms with van der Waals surface area (Å²) in [6.45, 7) is -0.880. The molecule has 1 aromatic rings. The van der Waals surface area contributed by atoms with Gasteiger partial charge in [-0.25, -0.2) is 4.79 Å². The van der Waals surface area contributed by atoms with Crippen molar-refractivity contribution in [2.24, 2.45) is 0 Å². The van der Waals surface area contributed by atoms with Crippen molar-refractivity contribution < 1.29 is 18.0 Å². The van der Waals surface area contributed by atoms with E-state index in [2.05, 4.69) is 4.98 Å². The molecule has 0 aliphatic carbocycles. The summed E-state index contributed by atoms with van der Waals surface area (Å²) in [5, 5.41) is 0. The Labute approximate surface area is 112 Å². The maximum absolute atomic E-state index is 12.3. The first-order chi connectivity index (χ1) is 8.88. The number of hydrogen-bond acceptors (Lipinski definition) is 3. The lowest BCUT2D eigenvalue weighted by atomic mass is 10.3. The van der Waals surface area contributed by atoms with Crippen LogP contribution in [0.1, 0.15) is 0 Å². The van der Waals surface area contributed by atoms with Crippen molar-refractivity contribution in [3.8, 4) is 0 Å². The van der Waals surface area contributed by atoms with Crippen LogP contribution in [-0.4, -0.2) is 48.0 Å². The van der Waals surface area contributed by atoms with Gasteiger partial charge in [0.15, 0.2) is 0 Å². The average molecular weight is 291 g/mol. The molecule has 0 saturated carbocycles. The fraction of sp³-hybridized carbons (Fsp3) is 0.455. The molecule has 0 bridgehead atoms. The monoisotopic (exact) mass is 291 g/mol. The maximum atomic E-state index is 12.3. The number of urea groups is 1. The lowest BCUT2D eigenvalue weighted by molar-refractivity contribution is -0.137. The molecule has 104 valence electrons. The van der Waals surface area contributed by atoms with E-state index in [9.17, 15) is 18.0 Å². The second-order valence-corrected chi connectivity index (χ2v) is 5.23. The zero-order chi connectivity index (χ0) is 14.0. The van der Waals surface area contributed by atoms with Crippen LogP contribution in [0.15, 0.2) is 23.4 Å². The topological polar surface area (TPSA) is 36.4 Å². The number of alkyl halides is 3. The number of carbonyl (C=O) groups is 1. The Balaban J connectivity index is 2.17.